The molecule has 0 saturated carbocycles. The van der Waals surface area contributed by atoms with Gasteiger partial charge in [-0.2, -0.15) is 17.0 Å². The summed E-state index contributed by atoms with van der Waals surface area (Å²) in [5, 5.41) is 8.87. The van der Waals surface area contributed by atoms with E-state index in [1.165, 1.54) is 16.4 Å². The van der Waals surface area contributed by atoms with Gasteiger partial charge in [-0.15, -0.1) is 0 Å². The summed E-state index contributed by atoms with van der Waals surface area (Å²) in [5.74, 6) is -0.991. The van der Waals surface area contributed by atoms with E-state index in [0.717, 1.165) is 24.8 Å². The number of carbonyl (C=O) groups is 1. The van der Waals surface area contributed by atoms with E-state index in [2.05, 4.69) is 0 Å². The fourth-order valence-corrected chi connectivity index (χ4v) is 4.28. The lowest BCUT2D eigenvalue weighted by molar-refractivity contribution is 0.0697. The van der Waals surface area contributed by atoms with E-state index >= 15 is 0 Å². The van der Waals surface area contributed by atoms with Gasteiger partial charge < -0.3 is 5.11 Å². The first-order chi connectivity index (χ1) is 10.3. The van der Waals surface area contributed by atoms with Gasteiger partial charge in [-0.1, -0.05) is 18.6 Å². The first kappa shape index (κ1) is 16.9. The summed E-state index contributed by atoms with van der Waals surface area (Å²) in [5.41, 5.74) is 0.958. The smallest absolute Gasteiger partial charge is 0.335 e. The van der Waals surface area contributed by atoms with Crippen molar-refractivity contribution in [3.8, 4) is 0 Å². The second-order valence-electron chi connectivity index (χ2n) is 5.72. The zero-order valence-electron chi connectivity index (χ0n) is 12.9. The minimum atomic E-state index is -3.49. The quantitative estimate of drug-likeness (QED) is 0.897. The molecule has 0 unspecified atom stereocenters. The molecule has 0 spiro atoms. The number of rotatable bonds is 5. The van der Waals surface area contributed by atoms with Gasteiger partial charge in [0, 0.05) is 26.2 Å². The highest BCUT2D eigenvalue weighted by Crippen LogP contribution is 2.22. The second-order valence-corrected chi connectivity index (χ2v) is 7.71. The minimum absolute atomic E-state index is 0.0237. The maximum Gasteiger partial charge on any atom is 0.335 e. The van der Waals surface area contributed by atoms with Crippen LogP contribution in [0.25, 0.3) is 0 Å². The Morgan fingerprint density at radius 3 is 2.50 bits per heavy atom. The predicted molar refractivity (Wildman–Crippen MR) is 83.8 cm³/mol. The third-order valence-corrected chi connectivity index (χ3v) is 6.09. The Balaban J connectivity index is 2.10. The van der Waals surface area contributed by atoms with Crippen LogP contribution in [0.4, 0.5) is 0 Å². The van der Waals surface area contributed by atoms with Crippen molar-refractivity contribution in [2.75, 3.05) is 13.6 Å². The average molecular weight is 326 g/mol. The molecule has 122 valence electrons. The fourth-order valence-electron chi connectivity index (χ4n) is 2.68. The minimum Gasteiger partial charge on any atom is -0.478 e. The highest BCUT2D eigenvalue weighted by Gasteiger charge is 2.32. The molecule has 7 heteroatoms. The Hall–Kier alpha value is -1.44. The topological polar surface area (TPSA) is 77.9 Å². The van der Waals surface area contributed by atoms with Gasteiger partial charge in [0.25, 0.3) is 10.2 Å². The van der Waals surface area contributed by atoms with Crippen molar-refractivity contribution in [3.63, 3.8) is 0 Å². The molecule has 22 heavy (non-hydrogen) atoms. The monoisotopic (exact) mass is 326 g/mol. The molecule has 1 heterocycles. The van der Waals surface area contributed by atoms with Gasteiger partial charge in [-0.3, -0.25) is 0 Å². The Kier molecular flexibility index (Phi) is 5.20. The summed E-state index contributed by atoms with van der Waals surface area (Å²) in [6.07, 6.45) is 2.85. The van der Waals surface area contributed by atoms with Crippen LogP contribution in [0, 0.1) is 0 Å². The SMILES string of the molecule is C[C@H]1CCCCN1S(=O)(=O)N(C)Cc1ccc(C(=O)O)cc1. The summed E-state index contributed by atoms with van der Waals surface area (Å²) >= 11 is 0. The van der Waals surface area contributed by atoms with Gasteiger partial charge >= 0.3 is 5.97 Å². The van der Waals surface area contributed by atoms with Crippen molar-refractivity contribution in [1.29, 1.82) is 0 Å². The molecule has 1 aromatic rings. The Labute approximate surface area is 131 Å². The number of hydrogen-bond acceptors (Lipinski definition) is 3. The molecule has 0 radical (unpaired) electrons. The van der Waals surface area contributed by atoms with Crippen LogP contribution in [-0.4, -0.2) is 47.7 Å². The Bertz CT molecular complexity index is 627. The third-order valence-electron chi connectivity index (χ3n) is 4.04. The molecule has 1 saturated heterocycles. The second kappa shape index (κ2) is 6.76. The van der Waals surface area contributed by atoms with Gasteiger partial charge in [-0.05, 0) is 37.5 Å². The normalized spacial score (nSPS) is 20.2. The Morgan fingerprint density at radius 2 is 1.95 bits per heavy atom. The van der Waals surface area contributed by atoms with Crippen LogP contribution in [0.2, 0.25) is 0 Å². The van der Waals surface area contributed by atoms with E-state index in [1.54, 1.807) is 23.5 Å². The van der Waals surface area contributed by atoms with Crippen LogP contribution in [-0.2, 0) is 16.8 Å². The lowest BCUT2D eigenvalue weighted by Crippen LogP contribution is -2.48. The van der Waals surface area contributed by atoms with E-state index in [-0.39, 0.29) is 18.2 Å². The predicted octanol–water partition coefficient (Wildman–Crippen LogP) is 1.94. The summed E-state index contributed by atoms with van der Waals surface area (Å²) in [4.78, 5) is 10.8. The lowest BCUT2D eigenvalue weighted by Gasteiger charge is -2.35. The molecule has 6 nitrogen and oxygen atoms in total. The lowest BCUT2D eigenvalue weighted by atomic mass is 10.1. The maximum absolute atomic E-state index is 12.6. The standard InChI is InChI=1S/C15H22N2O4S/c1-12-5-3-4-10-17(12)22(20,21)16(2)11-13-6-8-14(9-7-13)15(18)19/h6-9,12H,3-5,10-11H2,1-2H3,(H,18,19)/t12-/m0/s1. The number of carboxylic acid groups (broad SMARTS) is 1. The molecule has 0 amide bonds. The van der Waals surface area contributed by atoms with Gasteiger partial charge in [0.2, 0.25) is 0 Å². The zero-order valence-corrected chi connectivity index (χ0v) is 13.7. The fraction of sp³-hybridized carbons (Fsp3) is 0.533. The highest BCUT2D eigenvalue weighted by molar-refractivity contribution is 7.86. The molecule has 1 fully saturated rings. The largest absolute Gasteiger partial charge is 0.478 e. The molecule has 0 aromatic heterocycles. The number of nitrogens with zero attached hydrogens (tertiary/aromatic N) is 2. The van der Waals surface area contributed by atoms with E-state index < -0.39 is 16.2 Å². The van der Waals surface area contributed by atoms with E-state index in [4.69, 9.17) is 5.11 Å². The summed E-state index contributed by atoms with van der Waals surface area (Å²) in [6.45, 7) is 2.73. The van der Waals surface area contributed by atoms with Gasteiger partial charge in [0.05, 0.1) is 5.56 Å². The first-order valence-corrected chi connectivity index (χ1v) is 8.77. The summed E-state index contributed by atoms with van der Waals surface area (Å²) in [7, 11) is -1.93. The molecule has 1 aromatic carbocycles. The van der Waals surface area contributed by atoms with Gasteiger partial charge in [-0.25, -0.2) is 4.79 Å². The molecule has 1 aliphatic heterocycles. The maximum atomic E-state index is 12.6. The molecule has 1 aliphatic rings. The van der Waals surface area contributed by atoms with E-state index in [9.17, 15) is 13.2 Å². The van der Waals surface area contributed by atoms with E-state index in [0.29, 0.717) is 6.54 Å². The highest BCUT2D eigenvalue weighted by atomic mass is 32.2. The van der Waals surface area contributed by atoms with Crippen molar-refractivity contribution >= 4 is 16.2 Å². The molecule has 2 rings (SSSR count). The van der Waals surface area contributed by atoms with Gasteiger partial charge in [0.1, 0.15) is 0 Å². The van der Waals surface area contributed by atoms with Gasteiger partial charge in [0.15, 0.2) is 0 Å². The number of piperidine rings is 1. The number of aromatic carboxylic acids is 1. The van der Waals surface area contributed by atoms with Crippen molar-refractivity contribution in [2.24, 2.45) is 0 Å². The number of hydrogen-bond donors (Lipinski definition) is 1. The summed E-state index contributed by atoms with van der Waals surface area (Å²) in [6, 6.07) is 6.30. The molecule has 1 atom stereocenters. The van der Waals surface area contributed by atoms with Crippen LogP contribution < -0.4 is 0 Å². The number of carboxylic acids is 1. The third kappa shape index (κ3) is 3.66. The van der Waals surface area contributed by atoms with Crippen LogP contribution in [0.15, 0.2) is 24.3 Å². The molecular weight excluding hydrogens is 304 g/mol. The molecule has 0 bridgehead atoms. The van der Waals surface area contributed by atoms with Crippen molar-refractivity contribution in [2.45, 2.75) is 38.8 Å². The van der Waals surface area contributed by atoms with Crippen LogP contribution in [0.5, 0.6) is 0 Å². The molecule has 1 N–H and O–H groups in total. The first-order valence-electron chi connectivity index (χ1n) is 7.37. The Morgan fingerprint density at radius 1 is 1.32 bits per heavy atom. The van der Waals surface area contributed by atoms with Crippen molar-refractivity contribution < 1.29 is 18.3 Å². The van der Waals surface area contributed by atoms with Crippen LogP contribution >= 0.6 is 0 Å². The zero-order chi connectivity index (χ0) is 16.3. The average Bonchev–Trinajstić information content (AvgIpc) is 2.48. The molecule has 0 aliphatic carbocycles. The number of benzene rings is 1. The molecular formula is C15H22N2O4S. The van der Waals surface area contributed by atoms with Crippen molar-refractivity contribution in [3.05, 3.63) is 35.4 Å². The van der Waals surface area contributed by atoms with Crippen LogP contribution in [0.1, 0.15) is 42.1 Å². The van der Waals surface area contributed by atoms with E-state index in [1.807, 2.05) is 6.92 Å². The summed E-state index contributed by atoms with van der Waals surface area (Å²) < 4.78 is 28.1. The van der Waals surface area contributed by atoms with Crippen molar-refractivity contribution in [1.82, 2.24) is 8.61 Å². The van der Waals surface area contributed by atoms with Crippen LogP contribution in [0.3, 0.4) is 0 Å².